The number of piperidine rings is 1. The van der Waals surface area contributed by atoms with Gasteiger partial charge in [-0.2, -0.15) is 4.31 Å². The van der Waals surface area contributed by atoms with Gasteiger partial charge in [-0.05, 0) is 57.4 Å². The van der Waals surface area contributed by atoms with Gasteiger partial charge in [0.05, 0.1) is 4.90 Å². The molecule has 7 heteroatoms. The Morgan fingerprint density at radius 1 is 1.04 bits per heavy atom. The van der Waals surface area contributed by atoms with Gasteiger partial charge >= 0.3 is 0 Å². The number of sulfonamides is 1. The highest BCUT2D eigenvalue weighted by atomic mass is 35.5. The van der Waals surface area contributed by atoms with Crippen molar-refractivity contribution in [2.45, 2.75) is 38.0 Å². The zero-order valence-electron chi connectivity index (χ0n) is 15.2. The summed E-state index contributed by atoms with van der Waals surface area (Å²) in [4.78, 5) is 15.0. The lowest BCUT2D eigenvalue weighted by Crippen LogP contribution is -2.45. The van der Waals surface area contributed by atoms with Gasteiger partial charge in [0, 0.05) is 37.1 Å². The minimum atomic E-state index is -3.53. The van der Waals surface area contributed by atoms with Gasteiger partial charge in [-0.25, -0.2) is 8.42 Å². The predicted octanol–water partition coefficient (Wildman–Crippen LogP) is 3.31. The lowest BCUT2D eigenvalue weighted by Gasteiger charge is -2.35. The Hall–Kier alpha value is -1.37. The van der Waals surface area contributed by atoms with E-state index in [0.29, 0.717) is 37.5 Å². The van der Waals surface area contributed by atoms with Crippen molar-refractivity contribution in [3.05, 3.63) is 40.4 Å². The average Bonchev–Trinajstić information content (AvgIpc) is 2.64. The summed E-state index contributed by atoms with van der Waals surface area (Å²) < 4.78 is 27.0. The number of hydrogen-bond acceptors (Lipinski definition) is 3. The van der Waals surface area contributed by atoms with Crippen LogP contribution in [0, 0.1) is 5.92 Å². The van der Waals surface area contributed by atoms with E-state index in [0.717, 1.165) is 13.0 Å². The van der Waals surface area contributed by atoms with Crippen molar-refractivity contribution in [3.63, 3.8) is 0 Å². The van der Waals surface area contributed by atoms with Crippen LogP contribution in [0.5, 0.6) is 0 Å². The summed E-state index contributed by atoms with van der Waals surface area (Å²) in [5.74, 6) is 0.0817. The van der Waals surface area contributed by atoms with E-state index in [1.807, 2.05) is 4.90 Å². The minimum Gasteiger partial charge on any atom is -0.338 e. The van der Waals surface area contributed by atoms with Gasteiger partial charge in [0.1, 0.15) is 0 Å². The maximum atomic E-state index is 12.8. The predicted molar refractivity (Wildman–Crippen MR) is 103 cm³/mol. The monoisotopic (exact) mass is 396 g/mol. The van der Waals surface area contributed by atoms with Gasteiger partial charge in [0.25, 0.3) is 0 Å². The topological polar surface area (TPSA) is 57.7 Å². The van der Waals surface area contributed by atoms with E-state index >= 15 is 0 Å². The molecule has 0 aromatic heterocycles. The molecule has 0 atom stereocenters. The number of benzene rings is 1. The van der Waals surface area contributed by atoms with Gasteiger partial charge in [-0.15, -0.1) is 0 Å². The molecule has 142 valence electrons. The molecule has 0 N–H and O–H groups in total. The molecule has 1 saturated heterocycles. The van der Waals surface area contributed by atoms with E-state index in [1.54, 1.807) is 12.1 Å². The number of rotatable bonds is 3. The molecule has 2 aliphatic rings. The second-order valence-corrected chi connectivity index (χ2v) is 9.58. The number of amides is 1. The minimum absolute atomic E-state index is 0.0853. The average molecular weight is 397 g/mol. The van der Waals surface area contributed by atoms with Crippen LogP contribution in [-0.4, -0.2) is 49.7 Å². The molecule has 1 aromatic rings. The quantitative estimate of drug-likeness (QED) is 0.736. The first-order valence-electron chi connectivity index (χ1n) is 8.99. The second kappa shape index (κ2) is 7.71. The maximum Gasteiger partial charge on any atom is 0.243 e. The van der Waals surface area contributed by atoms with Gasteiger partial charge < -0.3 is 4.90 Å². The Morgan fingerprint density at radius 2 is 1.65 bits per heavy atom. The second-order valence-electron chi connectivity index (χ2n) is 7.20. The number of carbonyl (C=O) groups excluding carboxylic acids is 1. The highest BCUT2D eigenvalue weighted by Gasteiger charge is 2.34. The van der Waals surface area contributed by atoms with Crippen LogP contribution < -0.4 is 0 Å². The van der Waals surface area contributed by atoms with Crippen molar-refractivity contribution in [2.24, 2.45) is 5.92 Å². The van der Waals surface area contributed by atoms with E-state index < -0.39 is 10.0 Å². The first-order chi connectivity index (χ1) is 12.3. The fourth-order valence-corrected chi connectivity index (χ4v) is 5.16. The summed E-state index contributed by atoms with van der Waals surface area (Å²) in [7, 11) is -3.53. The third-order valence-electron chi connectivity index (χ3n) is 5.48. The molecular weight excluding hydrogens is 372 g/mol. The van der Waals surface area contributed by atoms with Crippen molar-refractivity contribution < 1.29 is 13.2 Å². The van der Waals surface area contributed by atoms with Gasteiger partial charge in [0.15, 0.2) is 0 Å². The Morgan fingerprint density at radius 3 is 2.23 bits per heavy atom. The molecule has 1 fully saturated rings. The van der Waals surface area contributed by atoms with Crippen molar-refractivity contribution in [2.75, 3.05) is 26.2 Å². The van der Waals surface area contributed by atoms with Crippen LogP contribution in [0.1, 0.15) is 33.1 Å². The van der Waals surface area contributed by atoms with Gasteiger partial charge in [-0.1, -0.05) is 22.7 Å². The first-order valence-corrected chi connectivity index (χ1v) is 10.8. The number of halogens is 1. The zero-order valence-corrected chi connectivity index (χ0v) is 16.8. The van der Waals surface area contributed by atoms with E-state index in [4.69, 9.17) is 11.6 Å². The lowest BCUT2D eigenvalue weighted by atomic mass is 9.94. The summed E-state index contributed by atoms with van der Waals surface area (Å²) in [6.07, 6.45) is 2.08. The highest BCUT2D eigenvalue weighted by molar-refractivity contribution is 7.89. The first kappa shape index (κ1) is 19.4. The Labute approximate surface area is 160 Å². The van der Waals surface area contributed by atoms with Crippen molar-refractivity contribution in [3.8, 4) is 0 Å². The van der Waals surface area contributed by atoms with Gasteiger partial charge in [0.2, 0.25) is 15.9 Å². The number of nitrogens with zero attached hydrogens (tertiary/aromatic N) is 2. The molecule has 0 bridgehead atoms. The van der Waals surface area contributed by atoms with Gasteiger partial charge in [-0.3, -0.25) is 4.79 Å². The molecule has 2 aliphatic heterocycles. The van der Waals surface area contributed by atoms with E-state index in [2.05, 4.69) is 13.8 Å². The fraction of sp³-hybridized carbons (Fsp3) is 0.526. The smallest absolute Gasteiger partial charge is 0.243 e. The zero-order chi connectivity index (χ0) is 18.9. The fourth-order valence-electron chi connectivity index (χ4n) is 3.56. The summed E-state index contributed by atoms with van der Waals surface area (Å²) in [5, 5.41) is 0.509. The van der Waals surface area contributed by atoms with Crippen LogP contribution in [0.15, 0.2) is 40.3 Å². The summed E-state index contributed by atoms with van der Waals surface area (Å²) in [6, 6.07) is 6.22. The normalized spacial score (nSPS) is 20.5. The molecule has 0 unspecified atom stereocenters. The largest absolute Gasteiger partial charge is 0.338 e. The summed E-state index contributed by atoms with van der Waals surface area (Å²) in [6.45, 7) is 6.43. The number of hydrogen-bond donors (Lipinski definition) is 0. The third-order valence-corrected chi connectivity index (χ3v) is 7.64. The lowest BCUT2D eigenvalue weighted by molar-refractivity contribution is -0.136. The Balaban J connectivity index is 1.62. The van der Waals surface area contributed by atoms with Crippen molar-refractivity contribution in [1.82, 2.24) is 9.21 Å². The molecule has 0 radical (unpaired) electrons. The maximum absolute atomic E-state index is 12.8. The van der Waals surface area contributed by atoms with Crippen LogP contribution in [0.25, 0.3) is 0 Å². The summed E-state index contributed by atoms with van der Waals surface area (Å²) >= 11 is 5.84. The van der Waals surface area contributed by atoms with E-state index in [1.165, 1.54) is 27.6 Å². The molecule has 0 spiro atoms. The SMILES string of the molecule is CC1=C(C)CN(C(=O)C2CCN(S(=O)(=O)c3ccc(Cl)cc3)CC2)CC1. The molecule has 5 nitrogen and oxygen atoms in total. The van der Waals surface area contributed by atoms with Crippen molar-refractivity contribution in [1.29, 1.82) is 0 Å². The molecule has 3 rings (SSSR count). The van der Waals surface area contributed by atoms with Crippen LogP contribution in [-0.2, 0) is 14.8 Å². The third kappa shape index (κ3) is 3.97. The van der Waals surface area contributed by atoms with Crippen molar-refractivity contribution >= 4 is 27.5 Å². The molecule has 1 aromatic carbocycles. The Kier molecular flexibility index (Phi) is 5.75. The molecule has 2 heterocycles. The Bertz CT molecular complexity index is 810. The molecular formula is C19H25ClN2O3S. The molecule has 26 heavy (non-hydrogen) atoms. The standard InChI is InChI=1S/C19H25ClN2O3S/c1-14-7-10-21(13-15(14)2)19(23)16-8-11-22(12-9-16)26(24,25)18-5-3-17(20)4-6-18/h3-6,16H,7-13H2,1-2H3. The molecule has 0 aliphatic carbocycles. The molecule has 0 saturated carbocycles. The van der Waals surface area contributed by atoms with Crippen LogP contribution in [0.3, 0.4) is 0 Å². The molecule has 1 amide bonds. The summed E-state index contributed by atoms with van der Waals surface area (Å²) in [5.41, 5.74) is 2.64. The van der Waals surface area contributed by atoms with Crippen LogP contribution in [0.2, 0.25) is 5.02 Å². The van der Waals surface area contributed by atoms with Crippen LogP contribution >= 0.6 is 11.6 Å². The highest BCUT2D eigenvalue weighted by Crippen LogP contribution is 2.27. The van der Waals surface area contributed by atoms with Crippen LogP contribution in [0.4, 0.5) is 0 Å². The van der Waals surface area contributed by atoms with E-state index in [9.17, 15) is 13.2 Å². The number of carbonyl (C=O) groups is 1. The van der Waals surface area contributed by atoms with E-state index in [-0.39, 0.29) is 16.7 Å².